The van der Waals surface area contributed by atoms with Gasteiger partial charge in [-0.05, 0) is 36.6 Å². The number of hydrogen-bond acceptors (Lipinski definition) is 3. The maximum atomic E-state index is 12.3. The lowest BCUT2D eigenvalue weighted by Crippen LogP contribution is -2.38. The summed E-state index contributed by atoms with van der Waals surface area (Å²) < 4.78 is 1.55. The molecule has 0 saturated carbocycles. The molecule has 0 saturated heterocycles. The molecule has 118 valence electrons. The predicted octanol–water partition coefficient (Wildman–Crippen LogP) is 2.74. The van der Waals surface area contributed by atoms with Crippen LogP contribution in [0.15, 0.2) is 55.1 Å². The highest BCUT2D eigenvalue weighted by atomic mass is 16.2. The van der Waals surface area contributed by atoms with E-state index in [-0.39, 0.29) is 18.0 Å². The molecule has 2 aromatic carbocycles. The van der Waals surface area contributed by atoms with E-state index in [2.05, 4.69) is 45.7 Å². The topological polar surface area (TPSA) is 59.8 Å². The zero-order valence-electron chi connectivity index (χ0n) is 13.3. The fraction of sp³-hybridized carbons (Fsp3) is 0.278. The molecule has 3 rings (SSSR count). The Labute approximate surface area is 135 Å². The van der Waals surface area contributed by atoms with Crippen LogP contribution >= 0.6 is 0 Å². The number of amides is 1. The maximum Gasteiger partial charge on any atom is 0.244 e. The van der Waals surface area contributed by atoms with Crippen LogP contribution in [0, 0.1) is 0 Å². The number of nitrogens with zero attached hydrogens (tertiary/aromatic N) is 3. The molecule has 0 unspecified atom stereocenters. The summed E-state index contributed by atoms with van der Waals surface area (Å²) in [4.78, 5) is 16.1. The smallest absolute Gasteiger partial charge is 0.244 e. The van der Waals surface area contributed by atoms with Gasteiger partial charge in [0.15, 0.2) is 0 Å². The summed E-state index contributed by atoms with van der Waals surface area (Å²) in [5.41, 5.74) is 1.21. The Morgan fingerprint density at radius 2 is 1.96 bits per heavy atom. The highest BCUT2D eigenvalue weighted by molar-refractivity contribution is 5.83. The van der Waals surface area contributed by atoms with Gasteiger partial charge in [-0.3, -0.25) is 4.79 Å². The third kappa shape index (κ3) is 3.56. The molecule has 1 amide bonds. The van der Waals surface area contributed by atoms with E-state index in [9.17, 15) is 4.79 Å². The van der Waals surface area contributed by atoms with E-state index < -0.39 is 0 Å². The van der Waals surface area contributed by atoms with Gasteiger partial charge in [0.25, 0.3) is 0 Å². The highest BCUT2D eigenvalue weighted by Gasteiger charge is 2.17. The molecule has 3 aromatic rings. The Balaban J connectivity index is 1.63. The molecular formula is C18H20N4O. The minimum Gasteiger partial charge on any atom is -0.351 e. The van der Waals surface area contributed by atoms with E-state index in [0.717, 1.165) is 6.42 Å². The van der Waals surface area contributed by atoms with E-state index in [1.807, 2.05) is 26.0 Å². The predicted molar refractivity (Wildman–Crippen MR) is 90.0 cm³/mol. The lowest BCUT2D eigenvalue weighted by molar-refractivity contribution is -0.124. The fourth-order valence-electron chi connectivity index (χ4n) is 2.67. The monoisotopic (exact) mass is 308 g/mol. The Morgan fingerprint density at radius 1 is 1.17 bits per heavy atom. The molecule has 1 heterocycles. The number of hydrogen-bond donors (Lipinski definition) is 1. The maximum absolute atomic E-state index is 12.3. The molecule has 2 atom stereocenters. The van der Waals surface area contributed by atoms with Crippen molar-refractivity contribution in [2.45, 2.75) is 32.4 Å². The van der Waals surface area contributed by atoms with Gasteiger partial charge >= 0.3 is 0 Å². The molecule has 0 bridgehead atoms. The molecular weight excluding hydrogens is 288 g/mol. The Bertz CT molecular complexity index is 798. The molecule has 0 fully saturated rings. The number of benzene rings is 2. The minimum absolute atomic E-state index is 0.0506. The summed E-state index contributed by atoms with van der Waals surface area (Å²) in [7, 11) is 0. The van der Waals surface area contributed by atoms with Crippen LogP contribution in [0.25, 0.3) is 10.8 Å². The lowest BCUT2D eigenvalue weighted by Gasteiger charge is -2.18. The summed E-state index contributed by atoms with van der Waals surface area (Å²) in [6.45, 7) is 3.83. The third-order valence-corrected chi connectivity index (χ3v) is 3.96. The van der Waals surface area contributed by atoms with E-state index in [1.165, 1.54) is 22.7 Å². The number of fused-ring (bicyclic) bond motifs is 1. The molecule has 5 heteroatoms. The molecule has 0 spiro atoms. The van der Waals surface area contributed by atoms with Crippen molar-refractivity contribution in [3.63, 3.8) is 0 Å². The average Bonchev–Trinajstić information content (AvgIpc) is 3.08. The molecule has 0 aliphatic carbocycles. The van der Waals surface area contributed by atoms with Gasteiger partial charge < -0.3 is 5.32 Å². The third-order valence-electron chi connectivity index (χ3n) is 3.96. The molecule has 1 aromatic heterocycles. The number of carbonyl (C=O) groups excluding carboxylic acids is 1. The van der Waals surface area contributed by atoms with Crippen LogP contribution in [0.2, 0.25) is 0 Å². The Hall–Kier alpha value is -2.69. The fourth-order valence-corrected chi connectivity index (χ4v) is 2.67. The highest BCUT2D eigenvalue weighted by Crippen LogP contribution is 2.16. The van der Waals surface area contributed by atoms with E-state index in [0.29, 0.717) is 0 Å². The van der Waals surface area contributed by atoms with Crippen LogP contribution in [-0.4, -0.2) is 26.7 Å². The number of nitrogens with one attached hydrogen (secondary N) is 1. The van der Waals surface area contributed by atoms with Gasteiger partial charge in [0.2, 0.25) is 5.91 Å². The summed E-state index contributed by atoms with van der Waals surface area (Å²) >= 11 is 0. The second-order valence-corrected chi connectivity index (χ2v) is 5.85. The first kappa shape index (κ1) is 15.2. The molecule has 5 nitrogen and oxygen atoms in total. The summed E-state index contributed by atoms with van der Waals surface area (Å²) in [6, 6.07) is 14.4. The molecule has 0 aliphatic rings. The number of carbonyl (C=O) groups is 1. The van der Waals surface area contributed by atoms with Crippen LogP contribution in [0.3, 0.4) is 0 Å². The van der Waals surface area contributed by atoms with Crippen molar-refractivity contribution < 1.29 is 4.79 Å². The molecule has 0 radical (unpaired) electrons. The van der Waals surface area contributed by atoms with Gasteiger partial charge in [0, 0.05) is 6.04 Å². The van der Waals surface area contributed by atoms with Crippen LogP contribution in [0.4, 0.5) is 0 Å². The van der Waals surface area contributed by atoms with Crippen molar-refractivity contribution in [3.8, 4) is 0 Å². The van der Waals surface area contributed by atoms with Gasteiger partial charge in [-0.25, -0.2) is 9.67 Å². The largest absolute Gasteiger partial charge is 0.351 e. The van der Waals surface area contributed by atoms with Crippen molar-refractivity contribution in [3.05, 3.63) is 60.7 Å². The first-order valence-electron chi connectivity index (χ1n) is 7.75. The van der Waals surface area contributed by atoms with Gasteiger partial charge in [-0.2, -0.15) is 5.10 Å². The summed E-state index contributed by atoms with van der Waals surface area (Å²) in [5.74, 6) is -0.0520. The van der Waals surface area contributed by atoms with Crippen molar-refractivity contribution >= 4 is 16.7 Å². The van der Waals surface area contributed by atoms with Crippen molar-refractivity contribution in [1.82, 2.24) is 20.1 Å². The van der Waals surface area contributed by atoms with Gasteiger partial charge in [0.05, 0.1) is 0 Å². The Kier molecular flexibility index (Phi) is 4.37. The van der Waals surface area contributed by atoms with Crippen LogP contribution in [0.5, 0.6) is 0 Å². The average molecular weight is 308 g/mol. The normalized spacial score (nSPS) is 13.7. The SMILES string of the molecule is C[C@H](Cc1ccc2ccccc2c1)NC(=O)[C@H](C)n1cncn1. The van der Waals surface area contributed by atoms with Crippen LogP contribution in [0.1, 0.15) is 25.5 Å². The summed E-state index contributed by atoms with van der Waals surface area (Å²) in [5, 5.41) is 9.50. The molecule has 23 heavy (non-hydrogen) atoms. The van der Waals surface area contributed by atoms with Crippen molar-refractivity contribution in [1.29, 1.82) is 0 Å². The lowest BCUT2D eigenvalue weighted by atomic mass is 10.0. The zero-order valence-corrected chi connectivity index (χ0v) is 13.3. The standard InChI is InChI=1S/C18H20N4O/c1-13(21-18(23)14(2)22-12-19-11-20-22)9-15-7-8-16-5-3-4-6-17(16)10-15/h3-8,10-14H,9H2,1-2H3,(H,21,23)/t13-,14+/m1/s1. The Morgan fingerprint density at radius 3 is 2.70 bits per heavy atom. The van der Waals surface area contributed by atoms with Gasteiger partial charge in [-0.1, -0.05) is 42.5 Å². The quantitative estimate of drug-likeness (QED) is 0.788. The van der Waals surface area contributed by atoms with E-state index in [1.54, 1.807) is 11.0 Å². The summed E-state index contributed by atoms with van der Waals surface area (Å²) in [6.07, 6.45) is 3.78. The number of rotatable bonds is 5. The number of aromatic nitrogens is 3. The zero-order chi connectivity index (χ0) is 16.2. The van der Waals surface area contributed by atoms with E-state index >= 15 is 0 Å². The van der Waals surface area contributed by atoms with Gasteiger partial charge in [0.1, 0.15) is 18.7 Å². The molecule has 1 N–H and O–H groups in total. The first-order chi connectivity index (χ1) is 11.1. The van der Waals surface area contributed by atoms with Crippen LogP contribution in [-0.2, 0) is 11.2 Å². The van der Waals surface area contributed by atoms with E-state index in [4.69, 9.17) is 0 Å². The first-order valence-corrected chi connectivity index (χ1v) is 7.75. The second kappa shape index (κ2) is 6.60. The van der Waals surface area contributed by atoms with Crippen LogP contribution < -0.4 is 5.32 Å². The minimum atomic E-state index is -0.364. The van der Waals surface area contributed by atoms with Gasteiger partial charge in [-0.15, -0.1) is 0 Å². The second-order valence-electron chi connectivity index (χ2n) is 5.85. The van der Waals surface area contributed by atoms with Crippen molar-refractivity contribution in [2.75, 3.05) is 0 Å². The van der Waals surface area contributed by atoms with Crippen molar-refractivity contribution in [2.24, 2.45) is 0 Å². The molecule has 0 aliphatic heterocycles.